The summed E-state index contributed by atoms with van der Waals surface area (Å²) in [5.41, 5.74) is 1.56. The summed E-state index contributed by atoms with van der Waals surface area (Å²) in [5.74, 6) is 0.776. The van der Waals surface area contributed by atoms with Gasteiger partial charge in [0.25, 0.3) is 5.91 Å². The number of carbonyl (C=O) groups is 1. The van der Waals surface area contributed by atoms with E-state index < -0.39 is 14.6 Å². The first-order valence-corrected chi connectivity index (χ1v) is 10.8. The zero-order valence-electron chi connectivity index (χ0n) is 17.2. The molecule has 0 radical (unpaired) electrons. The fraction of sp³-hybridized carbons (Fsp3) is 0.579. The molecule has 1 fully saturated rings. The van der Waals surface area contributed by atoms with E-state index in [1.165, 1.54) is 0 Å². The summed E-state index contributed by atoms with van der Waals surface area (Å²) in [6.45, 7) is 7.44. The zero-order chi connectivity index (χ0) is 20.2. The van der Waals surface area contributed by atoms with E-state index in [1.807, 2.05) is 30.0 Å². The van der Waals surface area contributed by atoms with Gasteiger partial charge in [0.2, 0.25) is 0 Å². The number of nitrogens with one attached hydrogen (secondary N) is 1. The first-order chi connectivity index (χ1) is 12.6. The van der Waals surface area contributed by atoms with Crippen molar-refractivity contribution in [2.75, 3.05) is 39.5 Å². The predicted octanol–water partition coefficient (Wildman–Crippen LogP) is 1.98. The molecule has 1 heterocycles. The molecule has 0 aliphatic carbocycles. The second-order valence-corrected chi connectivity index (χ2v) is 10.3. The molecule has 1 amide bonds. The lowest BCUT2D eigenvalue weighted by Crippen LogP contribution is -2.57. The lowest BCUT2D eigenvalue weighted by atomic mass is 10.1. The Labute approximate surface area is 185 Å². The van der Waals surface area contributed by atoms with Crippen molar-refractivity contribution in [3.63, 3.8) is 0 Å². The highest BCUT2D eigenvalue weighted by molar-refractivity contribution is 14.0. The molecular weight excluding hydrogens is 491 g/mol. The Kier molecular flexibility index (Phi) is 8.73. The van der Waals surface area contributed by atoms with E-state index in [-0.39, 0.29) is 35.6 Å². The number of sulfone groups is 1. The molecule has 0 atom stereocenters. The molecule has 9 heteroatoms. The number of halogens is 1. The van der Waals surface area contributed by atoms with Crippen LogP contribution < -0.4 is 5.32 Å². The average molecular weight is 522 g/mol. The highest BCUT2D eigenvalue weighted by Crippen LogP contribution is 2.23. The van der Waals surface area contributed by atoms with E-state index in [0.717, 1.165) is 5.56 Å². The van der Waals surface area contributed by atoms with Gasteiger partial charge in [-0.1, -0.05) is 12.1 Å². The van der Waals surface area contributed by atoms with Gasteiger partial charge in [-0.05, 0) is 38.5 Å². The Morgan fingerprint density at radius 3 is 2.57 bits per heavy atom. The van der Waals surface area contributed by atoms with Gasteiger partial charge in [-0.15, -0.1) is 24.0 Å². The summed E-state index contributed by atoms with van der Waals surface area (Å²) in [4.78, 5) is 20.4. The molecule has 2 rings (SSSR count). The number of hydrogen-bond acceptors (Lipinski definition) is 4. The van der Waals surface area contributed by atoms with Crippen LogP contribution in [0.3, 0.4) is 0 Å². The SMILES string of the molecule is CCNC(=NCc1cccc(C(=O)N(C)C)c1)N1CCS(=O)(=O)C(C)(C)C1.I. The van der Waals surface area contributed by atoms with E-state index in [2.05, 4.69) is 10.3 Å². The van der Waals surface area contributed by atoms with Crippen LogP contribution in [-0.2, 0) is 16.4 Å². The van der Waals surface area contributed by atoms with Crippen LogP contribution in [-0.4, -0.2) is 74.3 Å². The van der Waals surface area contributed by atoms with E-state index in [0.29, 0.717) is 37.7 Å². The third-order valence-electron chi connectivity index (χ3n) is 4.67. The number of nitrogens with zero attached hydrogens (tertiary/aromatic N) is 3. The molecule has 1 aromatic carbocycles. The summed E-state index contributed by atoms with van der Waals surface area (Å²) in [7, 11) is 0.350. The van der Waals surface area contributed by atoms with E-state index in [4.69, 9.17) is 0 Å². The van der Waals surface area contributed by atoms with Gasteiger partial charge in [-0.2, -0.15) is 0 Å². The van der Waals surface area contributed by atoms with E-state index in [1.54, 1.807) is 38.9 Å². The van der Waals surface area contributed by atoms with Crippen molar-refractivity contribution in [1.82, 2.24) is 15.1 Å². The lowest BCUT2D eigenvalue weighted by molar-refractivity contribution is 0.0827. The Morgan fingerprint density at radius 1 is 1.32 bits per heavy atom. The molecule has 0 bridgehead atoms. The van der Waals surface area contributed by atoms with Gasteiger partial charge in [-0.25, -0.2) is 13.4 Å². The Hall–Kier alpha value is -1.36. The van der Waals surface area contributed by atoms with Gasteiger partial charge in [0, 0.05) is 39.3 Å². The van der Waals surface area contributed by atoms with Crippen molar-refractivity contribution >= 4 is 45.7 Å². The number of hydrogen-bond donors (Lipinski definition) is 1. The first kappa shape index (κ1) is 24.7. The normalized spacial score (nSPS) is 18.2. The summed E-state index contributed by atoms with van der Waals surface area (Å²) < 4.78 is 23.7. The quantitative estimate of drug-likeness (QED) is 0.372. The largest absolute Gasteiger partial charge is 0.357 e. The summed E-state index contributed by atoms with van der Waals surface area (Å²) in [6, 6.07) is 7.42. The van der Waals surface area contributed by atoms with Gasteiger partial charge in [0.1, 0.15) is 0 Å². The van der Waals surface area contributed by atoms with Gasteiger partial charge in [0.05, 0.1) is 17.0 Å². The molecule has 7 nitrogen and oxygen atoms in total. The molecule has 28 heavy (non-hydrogen) atoms. The van der Waals surface area contributed by atoms with E-state index >= 15 is 0 Å². The number of guanidine groups is 1. The first-order valence-electron chi connectivity index (χ1n) is 9.13. The second-order valence-electron chi connectivity index (χ2n) is 7.57. The molecule has 0 spiro atoms. The summed E-state index contributed by atoms with van der Waals surface area (Å²) in [5, 5.41) is 3.25. The van der Waals surface area contributed by atoms with Crippen LogP contribution in [0.5, 0.6) is 0 Å². The Balaban J connectivity index is 0.00000392. The second kappa shape index (κ2) is 9.91. The van der Waals surface area contributed by atoms with Crippen LogP contribution in [0.2, 0.25) is 0 Å². The van der Waals surface area contributed by atoms with Crippen molar-refractivity contribution < 1.29 is 13.2 Å². The number of benzene rings is 1. The maximum absolute atomic E-state index is 12.2. The van der Waals surface area contributed by atoms with Crippen LogP contribution in [0.1, 0.15) is 36.7 Å². The van der Waals surface area contributed by atoms with Crippen LogP contribution in [0.15, 0.2) is 29.3 Å². The number of amides is 1. The minimum atomic E-state index is -3.10. The van der Waals surface area contributed by atoms with Crippen LogP contribution in [0.4, 0.5) is 0 Å². The predicted molar refractivity (Wildman–Crippen MR) is 124 cm³/mol. The molecule has 158 valence electrons. The van der Waals surface area contributed by atoms with Gasteiger partial charge in [0.15, 0.2) is 15.8 Å². The molecule has 1 saturated heterocycles. The Morgan fingerprint density at radius 2 is 2.00 bits per heavy atom. The molecule has 0 saturated carbocycles. The monoisotopic (exact) mass is 522 g/mol. The fourth-order valence-corrected chi connectivity index (χ4v) is 4.34. The van der Waals surface area contributed by atoms with Gasteiger partial charge in [-0.3, -0.25) is 4.79 Å². The third kappa shape index (κ3) is 5.82. The number of rotatable bonds is 4. The maximum atomic E-state index is 12.2. The van der Waals surface area contributed by atoms with E-state index in [9.17, 15) is 13.2 Å². The van der Waals surface area contributed by atoms with Gasteiger partial charge >= 0.3 is 0 Å². The summed E-state index contributed by atoms with van der Waals surface area (Å²) in [6.07, 6.45) is 0. The lowest BCUT2D eigenvalue weighted by Gasteiger charge is -2.39. The smallest absolute Gasteiger partial charge is 0.253 e. The molecule has 0 unspecified atom stereocenters. The maximum Gasteiger partial charge on any atom is 0.253 e. The van der Waals surface area contributed by atoms with Crippen LogP contribution in [0, 0.1) is 0 Å². The van der Waals surface area contributed by atoms with Crippen LogP contribution in [0.25, 0.3) is 0 Å². The van der Waals surface area contributed by atoms with Crippen molar-refractivity contribution in [3.8, 4) is 0 Å². The highest BCUT2D eigenvalue weighted by atomic mass is 127. The highest BCUT2D eigenvalue weighted by Gasteiger charge is 2.40. The van der Waals surface area contributed by atoms with Crippen molar-refractivity contribution in [3.05, 3.63) is 35.4 Å². The fourth-order valence-electron chi connectivity index (χ4n) is 2.98. The van der Waals surface area contributed by atoms with Crippen LogP contribution >= 0.6 is 24.0 Å². The molecular formula is C19H31IN4O3S. The van der Waals surface area contributed by atoms with Crippen molar-refractivity contribution in [2.24, 2.45) is 4.99 Å². The van der Waals surface area contributed by atoms with Gasteiger partial charge < -0.3 is 15.1 Å². The van der Waals surface area contributed by atoms with Crippen molar-refractivity contribution in [2.45, 2.75) is 32.1 Å². The topological polar surface area (TPSA) is 82.1 Å². The minimum absolute atomic E-state index is 0. The number of carbonyl (C=O) groups excluding carboxylic acids is 1. The zero-order valence-corrected chi connectivity index (χ0v) is 20.4. The molecule has 1 aromatic rings. The molecule has 1 N–H and O–H groups in total. The Bertz CT molecular complexity index is 822. The minimum Gasteiger partial charge on any atom is -0.357 e. The molecule has 1 aliphatic rings. The average Bonchev–Trinajstić information content (AvgIpc) is 2.60. The summed E-state index contributed by atoms with van der Waals surface area (Å²) >= 11 is 0. The van der Waals surface area contributed by atoms with Crippen molar-refractivity contribution in [1.29, 1.82) is 0 Å². The number of aliphatic imine (C=N–C) groups is 1. The third-order valence-corrected chi connectivity index (χ3v) is 7.20. The molecule has 0 aromatic heterocycles. The standard InChI is InChI=1S/C19H30N4O3S.HI/c1-6-20-18(23-10-11-27(25,26)19(2,3)14-23)21-13-15-8-7-9-16(12-15)17(24)22(4)5;/h7-9,12H,6,10-11,13-14H2,1-5H3,(H,20,21);1H. The molecule has 1 aliphatic heterocycles.